The highest BCUT2D eigenvalue weighted by atomic mass is 35.5. The molecule has 2 amide bonds. The molecule has 0 radical (unpaired) electrons. The van der Waals surface area contributed by atoms with Gasteiger partial charge < -0.3 is 15.3 Å². The number of hydrogen-bond donors (Lipinski definition) is 2. The van der Waals surface area contributed by atoms with Crippen molar-refractivity contribution in [2.24, 2.45) is 5.92 Å². The molecule has 1 aliphatic heterocycles. The van der Waals surface area contributed by atoms with Gasteiger partial charge in [-0.3, -0.25) is 0 Å². The number of nitrogens with zero attached hydrogens (tertiary/aromatic N) is 2. The van der Waals surface area contributed by atoms with Crippen LogP contribution in [0.3, 0.4) is 0 Å². The Balaban J connectivity index is 1.91. The summed E-state index contributed by atoms with van der Waals surface area (Å²) in [5, 5.41) is 22.0. The van der Waals surface area contributed by atoms with Gasteiger partial charge in [0.2, 0.25) is 0 Å². The lowest BCUT2D eigenvalue weighted by Gasteiger charge is -2.35. The molecule has 0 bridgehead atoms. The highest BCUT2D eigenvalue weighted by Gasteiger charge is 2.32. The molecule has 0 saturated carbocycles. The van der Waals surface area contributed by atoms with E-state index < -0.39 is 18.0 Å². The molecule has 2 N–H and O–H groups in total. The van der Waals surface area contributed by atoms with Crippen molar-refractivity contribution in [2.45, 2.75) is 12.5 Å². The molecule has 20 heavy (non-hydrogen) atoms. The van der Waals surface area contributed by atoms with Crippen molar-refractivity contribution in [3.63, 3.8) is 0 Å². The minimum Gasteiger partial charge on any atom is -0.480 e. The van der Waals surface area contributed by atoms with Crippen molar-refractivity contribution in [1.29, 1.82) is 5.26 Å². The SMILES string of the molecule is N#CC1CN(C(=O)NC(Cc2csc(Cl)c2)C(=O)O)C1. The standard InChI is InChI=1S/C12H12ClN3O3S/c13-10-2-7(6-20-10)1-9(11(17)18)15-12(19)16-4-8(3-14)5-16/h2,6,8-9H,1,4-5H2,(H,15,19)(H,17,18). The minimum absolute atomic E-state index is 0.153. The van der Waals surface area contributed by atoms with Gasteiger partial charge in [0.05, 0.1) is 16.3 Å². The van der Waals surface area contributed by atoms with Crippen molar-refractivity contribution in [1.82, 2.24) is 10.2 Å². The fourth-order valence-corrected chi connectivity index (χ4v) is 2.78. The van der Waals surface area contributed by atoms with E-state index in [4.69, 9.17) is 22.0 Å². The third-order valence-corrected chi connectivity index (χ3v) is 4.15. The Bertz CT molecular complexity index is 563. The number of likely N-dealkylation sites (tertiary alicyclic amines) is 1. The van der Waals surface area contributed by atoms with Crippen LogP contribution in [0.1, 0.15) is 5.56 Å². The van der Waals surface area contributed by atoms with Crippen LogP contribution in [-0.2, 0) is 11.2 Å². The average Bonchev–Trinajstić information content (AvgIpc) is 2.72. The number of aliphatic carboxylic acids is 1. The summed E-state index contributed by atoms with van der Waals surface area (Å²) in [5.74, 6) is -1.25. The average molecular weight is 314 g/mol. The summed E-state index contributed by atoms with van der Waals surface area (Å²) < 4.78 is 0.579. The molecule has 0 aromatic carbocycles. The van der Waals surface area contributed by atoms with Crippen LogP contribution in [0.25, 0.3) is 0 Å². The number of nitrogens with one attached hydrogen (secondary N) is 1. The third-order valence-electron chi connectivity index (χ3n) is 3.01. The predicted molar refractivity (Wildman–Crippen MR) is 73.7 cm³/mol. The second kappa shape index (κ2) is 6.11. The first-order chi connectivity index (χ1) is 9.49. The molecule has 2 heterocycles. The zero-order valence-corrected chi connectivity index (χ0v) is 11.9. The van der Waals surface area contributed by atoms with Crippen molar-refractivity contribution in [2.75, 3.05) is 13.1 Å². The van der Waals surface area contributed by atoms with Gasteiger partial charge in [0.25, 0.3) is 0 Å². The molecule has 2 rings (SSSR count). The van der Waals surface area contributed by atoms with E-state index in [1.54, 1.807) is 11.4 Å². The molecule has 6 nitrogen and oxygen atoms in total. The smallest absolute Gasteiger partial charge is 0.326 e. The number of nitriles is 1. The minimum atomic E-state index is -1.10. The van der Waals surface area contributed by atoms with Gasteiger partial charge in [-0.15, -0.1) is 11.3 Å². The molecule has 1 aromatic rings. The zero-order valence-electron chi connectivity index (χ0n) is 10.4. The summed E-state index contributed by atoms with van der Waals surface area (Å²) in [6.07, 6.45) is 0.180. The fourth-order valence-electron chi connectivity index (χ4n) is 1.85. The van der Waals surface area contributed by atoms with E-state index in [1.165, 1.54) is 16.2 Å². The molecular formula is C12H12ClN3O3S. The first kappa shape index (κ1) is 14.6. The lowest BCUT2D eigenvalue weighted by atomic mass is 10.0. The van der Waals surface area contributed by atoms with Crippen LogP contribution in [0.4, 0.5) is 4.79 Å². The maximum atomic E-state index is 11.8. The Morgan fingerprint density at radius 1 is 1.65 bits per heavy atom. The van der Waals surface area contributed by atoms with Crippen LogP contribution < -0.4 is 5.32 Å². The number of thiophene rings is 1. The quantitative estimate of drug-likeness (QED) is 0.882. The van der Waals surface area contributed by atoms with Crippen LogP contribution in [0.2, 0.25) is 4.34 Å². The summed E-state index contributed by atoms with van der Waals surface area (Å²) in [6.45, 7) is 0.692. The topological polar surface area (TPSA) is 93.4 Å². The van der Waals surface area contributed by atoms with E-state index in [9.17, 15) is 9.59 Å². The van der Waals surface area contributed by atoms with Crippen molar-refractivity contribution < 1.29 is 14.7 Å². The van der Waals surface area contributed by atoms with Gasteiger partial charge in [-0.25, -0.2) is 9.59 Å². The monoisotopic (exact) mass is 313 g/mol. The van der Waals surface area contributed by atoms with Gasteiger partial charge in [0, 0.05) is 19.5 Å². The molecule has 106 valence electrons. The van der Waals surface area contributed by atoms with Gasteiger partial charge in [-0.1, -0.05) is 11.6 Å². The van der Waals surface area contributed by atoms with Crippen LogP contribution >= 0.6 is 22.9 Å². The summed E-state index contributed by atoms with van der Waals surface area (Å²) in [7, 11) is 0. The summed E-state index contributed by atoms with van der Waals surface area (Å²) in [5.41, 5.74) is 0.770. The molecule has 1 aromatic heterocycles. The molecule has 1 atom stereocenters. The van der Waals surface area contributed by atoms with Gasteiger partial charge in [0.1, 0.15) is 6.04 Å². The Hall–Kier alpha value is -1.78. The van der Waals surface area contributed by atoms with Gasteiger partial charge >= 0.3 is 12.0 Å². The van der Waals surface area contributed by atoms with E-state index in [-0.39, 0.29) is 12.3 Å². The number of hydrogen-bond acceptors (Lipinski definition) is 4. The maximum Gasteiger partial charge on any atom is 0.326 e. The predicted octanol–water partition coefficient (Wildman–Crippen LogP) is 1.56. The number of carbonyl (C=O) groups is 2. The molecule has 1 saturated heterocycles. The number of carbonyl (C=O) groups excluding carboxylic acids is 1. The molecule has 1 unspecified atom stereocenters. The Labute approximate surface area is 124 Å². The lowest BCUT2D eigenvalue weighted by Crippen LogP contribution is -2.56. The van der Waals surface area contributed by atoms with E-state index >= 15 is 0 Å². The van der Waals surface area contributed by atoms with Crippen LogP contribution in [0.15, 0.2) is 11.4 Å². The molecule has 0 aliphatic carbocycles. The van der Waals surface area contributed by atoms with Crippen LogP contribution in [-0.4, -0.2) is 41.1 Å². The largest absolute Gasteiger partial charge is 0.480 e. The lowest BCUT2D eigenvalue weighted by molar-refractivity contribution is -0.139. The summed E-state index contributed by atoms with van der Waals surface area (Å²) in [6, 6.07) is 2.28. The first-order valence-electron chi connectivity index (χ1n) is 5.90. The fraction of sp³-hybridized carbons (Fsp3) is 0.417. The van der Waals surface area contributed by atoms with Gasteiger partial charge in [-0.05, 0) is 17.0 Å². The normalized spacial score (nSPS) is 16.1. The number of urea groups is 1. The summed E-state index contributed by atoms with van der Waals surface area (Å²) in [4.78, 5) is 24.4. The number of rotatable bonds is 4. The van der Waals surface area contributed by atoms with E-state index in [0.29, 0.717) is 17.4 Å². The highest BCUT2D eigenvalue weighted by molar-refractivity contribution is 7.14. The van der Waals surface area contributed by atoms with E-state index in [2.05, 4.69) is 11.4 Å². The van der Waals surface area contributed by atoms with Crippen LogP contribution in [0.5, 0.6) is 0 Å². The van der Waals surface area contributed by atoms with Crippen molar-refractivity contribution in [3.8, 4) is 6.07 Å². The van der Waals surface area contributed by atoms with Crippen LogP contribution in [0, 0.1) is 17.2 Å². The molecule has 0 spiro atoms. The zero-order chi connectivity index (χ0) is 14.7. The number of carboxylic acid groups (broad SMARTS) is 1. The molecular weight excluding hydrogens is 302 g/mol. The van der Waals surface area contributed by atoms with Gasteiger partial charge in [0.15, 0.2) is 0 Å². The Kier molecular flexibility index (Phi) is 4.47. The van der Waals surface area contributed by atoms with Gasteiger partial charge in [-0.2, -0.15) is 5.26 Å². The Morgan fingerprint density at radius 2 is 2.35 bits per heavy atom. The number of halogens is 1. The summed E-state index contributed by atoms with van der Waals surface area (Å²) >= 11 is 7.10. The van der Waals surface area contributed by atoms with Crippen molar-refractivity contribution in [3.05, 3.63) is 21.3 Å². The van der Waals surface area contributed by atoms with E-state index in [1.807, 2.05) is 0 Å². The Morgan fingerprint density at radius 3 is 2.85 bits per heavy atom. The van der Waals surface area contributed by atoms with Crippen molar-refractivity contribution >= 4 is 34.9 Å². The second-order valence-electron chi connectivity index (χ2n) is 4.53. The number of amides is 2. The van der Waals surface area contributed by atoms with E-state index in [0.717, 1.165) is 5.56 Å². The first-order valence-corrected chi connectivity index (χ1v) is 7.16. The second-order valence-corrected chi connectivity index (χ2v) is 6.08. The number of carboxylic acids is 1. The highest BCUT2D eigenvalue weighted by Crippen LogP contribution is 2.21. The molecule has 8 heteroatoms. The third kappa shape index (κ3) is 3.40. The maximum absolute atomic E-state index is 11.8. The molecule has 1 fully saturated rings. The molecule has 1 aliphatic rings.